The fourth-order valence-corrected chi connectivity index (χ4v) is 2.19. The highest BCUT2D eigenvalue weighted by molar-refractivity contribution is 5.04. The Bertz CT molecular complexity index is 336. The molecule has 0 spiro atoms. The molecule has 1 aromatic rings. The average molecular weight is 253 g/mol. The number of hydrogen-bond acceptors (Lipinski definition) is 3. The van der Waals surface area contributed by atoms with E-state index in [9.17, 15) is 0 Å². The summed E-state index contributed by atoms with van der Waals surface area (Å²) in [5.41, 5.74) is 1.27. The Hall–Kier alpha value is -0.870. The maximum Gasteiger partial charge on any atom is 0.105 e. The van der Waals surface area contributed by atoms with E-state index in [-0.39, 0.29) is 0 Å². The fraction of sp³-hybridized carbons (Fsp3) is 0.786. The van der Waals surface area contributed by atoms with E-state index < -0.39 is 0 Å². The van der Waals surface area contributed by atoms with Crippen molar-refractivity contribution >= 4 is 0 Å². The number of aromatic nitrogens is 2. The van der Waals surface area contributed by atoms with Gasteiger partial charge in [-0.2, -0.15) is 0 Å². The van der Waals surface area contributed by atoms with Gasteiger partial charge in [0.05, 0.1) is 12.3 Å². The number of methoxy groups -OCH3 is 1. The molecule has 0 radical (unpaired) electrons. The van der Waals surface area contributed by atoms with E-state index in [2.05, 4.69) is 35.6 Å². The smallest absolute Gasteiger partial charge is 0.105 e. The van der Waals surface area contributed by atoms with Gasteiger partial charge in [-0.05, 0) is 19.3 Å². The summed E-state index contributed by atoms with van der Waals surface area (Å²) in [7, 11) is 1.72. The number of nitrogens with one attached hydrogen (secondary N) is 1. The van der Waals surface area contributed by atoms with Gasteiger partial charge >= 0.3 is 0 Å². The highest BCUT2D eigenvalue weighted by atomic mass is 16.5. The molecule has 1 rings (SSSR count). The molecular weight excluding hydrogens is 226 g/mol. The monoisotopic (exact) mass is 253 g/mol. The number of ether oxygens (including phenoxy) is 1. The topological polar surface area (TPSA) is 39.1 Å². The summed E-state index contributed by atoms with van der Waals surface area (Å²) in [4.78, 5) is 4.42. The van der Waals surface area contributed by atoms with Gasteiger partial charge in [-0.15, -0.1) is 0 Å². The van der Waals surface area contributed by atoms with Gasteiger partial charge in [-0.25, -0.2) is 4.98 Å². The Morgan fingerprint density at radius 2 is 2.28 bits per heavy atom. The van der Waals surface area contributed by atoms with Gasteiger partial charge in [0.15, 0.2) is 0 Å². The minimum atomic E-state index is 0.709. The number of hydrogen-bond donors (Lipinski definition) is 1. The highest BCUT2D eigenvalue weighted by Crippen LogP contribution is 2.13. The van der Waals surface area contributed by atoms with Crippen molar-refractivity contribution in [2.45, 2.75) is 46.7 Å². The molecule has 4 heteroatoms. The zero-order chi connectivity index (χ0) is 13.4. The van der Waals surface area contributed by atoms with Crippen molar-refractivity contribution in [3.63, 3.8) is 0 Å². The largest absolute Gasteiger partial charge is 0.383 e. The van der Waals surface area contributed by atoms with Crippen LogP contribution in [-0.2, 0) is 17.8 Å². The minimum absolute atomic E-state index is 0.709. The molecule has 18 heavy (non-hydrogen) atoms. The van der Waals surface area contributed by atoms with Crippen LogP contribution in [-0.4, -0.2) is 29.8 Å². The van der Waals surface area contributed by atoms with Crippen LogP contribution in [0.5, 0.6) is 0 Å². The quantitative estimate of drug-likeness (QED) is 0.687. The summed E-state index contributed by atoms with van der Waals surface area (Å²) in [5, 5.41) is 3.38. The Morgan fingerprint density at radius 1 is 1.50 bits per heavy atom. The second kappa shape index (κ2) is 8.27. The minimum Gasteiger partial charge on any atom is -0.383 e. The summed E-state index contributed by atoms with van der Waals surface area (Å²) in [6.45, 7) is 10.2. The van der Waals surface area contributed by atoms with E-state index >= 15 is 0 Å². The van der Waals surface area contributed by atoms with Gasteiger partial charge in [0.1, 0.15) is 5.82 Å². The molecule has 0 fully saturated rings. The van der Waals surface area contributed by atoms with E-state index in [0.717, 1.165) is 32.1 Å². The molecule has 1 unspecified atom stereocenters. The molecule has 0 aromatic carbocycles. The summed E-state index contributed by atoms with van der Waals surface area (Å²) in [5.74, 6) is 1.82. The first-order chi connectivity index (χ1) is 8.69. The molecule has 104 valence electrons. The first kappa shape index (κ1) is 15.2. The van der Waals surface area contributed by atoms with Gasteiger partial charge in [0, 0.05) is 32.9 Å². The standard InChI is InChI=1S/C14H27N3O/c1-5-6-12(2)11-17-13(3)16-10-14(17)9-15-7-8-18-4/h10,12,15H,5-9,11H2,1-4H3. The molecule has 0 saturated heterocycles. The molecule has 0 bridgehead atoms. The maximum absolute atomic E-state index is 5.03. The van der Waals surface area contributed by atoms with Crippen molar-refractivity contribution in [1.82, 2.24) is 14.9 Å². The number of aryl methyl sites for hydroxylation is 1. The average Bonchev–Trinajstić information content (AvgIpc) is 2.67. The lowest BCUT2D eigenvalue weighted by atomic mass is 10.1. The molecule has 1 N–H and O–H groups in total. The van der Waals surface area contributed by atoms with Crippen LogP contribution >= 0.6 is 0 Å². The van der Waals surface area contributed by atoms with E-state index in [0.29, 0.717) is 5.92 Å². The van der Waals surface area contributed by atoms with Crippen molar-refractivity contribution in [3.05, 3.63) is 17.7 Å². The molecular formula is C14H27N3O. The number of rotatable bonds is 9. The molecule has 0 aliphatic heterocycles. The van der Waals surface area contributed by atoms with Gasteiger partial charge in [0.2, 0.25) is 0 Å². The summed E-state index contributed by atoms with van der Waals surface area (Å²) in [6.07, 6.45) is 4.50. The lowest BCUT2D eigenvalue weighted by molar-refractivity contribution is 0.199. The first-order valence-electron chi connectivity index (χ1n) is 6.89. The first-order valence-corrected chi connectivity index (χ1v) is 6.89. The lowest BCUT2D eigenvalue weighted by Gasteiger charge is -2.16. The summed E-state index contributed by atoms with van der Waals surface area (Å²) >= 11 is 0. The molecule has 1 atom stereocenters. The molecule has 4 nitrogen and oxygen atoms in total. The van der Waals surface area contributed by atoms with E-state index in [4.69, 9.17) is 4.74 Å². The number of imidazole rings is 1. The fourth-order valence-electron chi connectivity index (χ4n) is 2.19. The van der Waals surface area contributed by atoms with Crippen LogP contribution in [0.2, 0.25) is 0 Å². The van der Waals surface area contributed by atoms with Crippen LogP contribution in [0.15, 0.2) is 6.20 Å². The molecule has 1 aromatic heterocycles. The van der Waals surface area contributed by atoms with Crippen LogP contribution in [0.25, 0.3) is 0 Å². The zero-order valence-electron chi connectivity index (χ0n) is 12.2. The lowest BCUT2D eigenvalue weighted by Crippen LogP contribution is -2.21. The molecule has 0 aliphatic carbocycles. The van der Waals surface area contributed by atoms with Crippen molar-refractivity contribution in [3.8, 4) is 0 Å². The van der Waals surface area contributed by atoms with E-state index in [1.165, 1.54) is 18.5 Å². The number of nitrogens with zero attached hydrogens (tertiary/aromatic N) is 2. The SMILES string of the molecule is CCCC(C)Cn1c(CNCCOC)cnc1C. The maximum atomic E-state index is 5.03. The molecule has 1 heterocycles. The van der Waals surface area contributed by atoms with Crippen molar-refractivity contribution in [1.29, 1.82) is 0 Å². The van der Waals surface area contributed by atoms with Crippen LogP contribution in [0.4, 0.5) is 0 Å². The third-order valence-corrected chi connectivity index (χ3v) is 3.20. The third kappa shape index (κ3) is 4.78. The third-order valence-electron chi connectivity index (χ3n) is 3.20. The predicted molar refractivity (Wildman–Crippen MR) is 74.6 cm³/mol. The predicted octanol–water partition coefficient (Wildman–Crippen LogP) is 2.36. The van der Waals surface area contributed by atoms with Crippen LogP contribution in [0, 0.1) is 12.8 Å². The Balaban J connectivity index is 2.52. The van der Waals surface area contributed by atoms with Crippen molar-refractivity contribution in [2.75, 3.05) is 20.3 Å². The Kier molecular flexibility index (Phi) is 6.98. The van der Waals surface area contributed by atoms with Crippen LogP contribution in [0.1, 0.15) is 38.2 Å². The highest BCUT2D eigenvalue weighted by Gasteiger charge is 2.09. The normalized spacial score (nSPS) is 12.9. The van der Waals surface area contributed by atoms with E-state index in [1.54, 1.807) is 7.11 Å². The van der Waals surface area contributed by atoms with Crippen molar-refractivity contribution in [2.24, 2.45) is 5.92 Å². The van der Waals surface area contributed by atoms with Crippen LogP contribution in [0.3, 0.4) is 0 Å². The second-order valence-electron chi connectivity index (χ2n) is 4.97. The zero-order valence-corrected chi connectivity index (χ0v) is 12.2. The Labute approximate surface area is 111 Å². The van der Waals surface area contributed by atoms with Gasteiger partial charge in [-0.3, -0.25) is 0 Å². The van der Waals surface area contributed by atoms with Gasteiger partial charge in [-0.1, -0.05) is 20.3 Å². The molecule has 0 aliphatic rings. The summed E-state index contributed by atoms with van der Waals surface area (Å²) < 4.78 is 7.36. The summed E-state index contributed by atoms with van der Waals surface area (Å²) in [6, 6.07) is 0. The second-order valence-corrected chi connectivity index (χ2v) is 4.97. The van der Waals surface area contributed by atoms with Crippen molar-refractivity contribution < 1.29 is 4.74 Å². The van der Waals surface area contributed by atoms with Gasteiger partial charge in [0.25, 0.3) is 0 Å². The Morgan fingerprint density at radius 3 is 2.94 bits per heavy atom. The van der Waals surface area contributed by atoms with E-state index in [1.807, 2.05) is 6.20 Å². The van der Waals surface area contributed by atoms with Gasteiger partial charge < -0.3 is 14.6 Å². The van der Waals surface area contributed by atoms with Crippen LogP contribution < -0.4 is 5.32 Å². The molecule has 0 saturated carbocycles. The molecule has 0 amide bonds.